The van der Waals surface area contributed by atoms with E-state index in [-0.39, 0.29) is 0 Å². The fourth-order valence-corrected chi connectivity index (χ4v) is 3.95. The molecule has 3 rings (SSSR count). The van der Waals surface area contributed by atoms with Crippen molar-refractivity contribution in [2.75, 3.05) is 31.6 Å². The average molecular weight is 314 g/mol. The predicted octanol–water partition coefficient (Wildman–Crippen LogP) is 3.22. The van der Waals surface area contributed by atoms with Crippen molar-refractivity contribution in [2.24, 2.45) is 0 Å². The second kappa shape index (κ2) is 6.10. The van der Waals surface area contributed by atoms with Crippen molar-refractivity contribution in [1.29, 1.82) is 0 Å². The van der Waals surface area contributed by atoms with E-state index in [0.717, 1.165) is 41.8 Å². The Labute approximate surface area is 130 Å². The topological polar surface area (TPSA) is 27.3 Å². The number of hydrogen-bond acceptors (Lipinski definition) is 3. The lowest BCUT2D eigenvalue weighted by molar-refractivity contribution is 0.341. The number of hydrogen-bond donors (Lipinski definition) is 2. The molecule has 0 aliphatic carbocycles. The Morgan fingerprint density at radius 3 is 2.90 bits per heavy atom. The van der Waals surface area contributed by atoms with Crippen LogP contribution in [0.1, 0.15) is 30.9 Å². The lowest BCUT2D eigenvalue weighted by Crippen LogP contribution is -2.46. The van der Waals surface area contributed by atoms with Crippen LogP contribution in [-0.2, 0) is 0 Å². The lowest BCUT2D eigenvalue weighted by Gasteiger charge is -2.37. The fraction of sp³-hybridized carbons (Fsp3) is 0.600. The zero-order chi connectivity index (χ0) is 14.1. The van der Waals surface area contributed by atoms with E-state index in [9.17, 15) is 0 Å². The molecule has 2 atom stereocenters. The number of halogens is 2. The van der Waals surface area contributed by atoms with E-state index in [4.69, 9.17) is 23.2 Å². The zero-order valence-corrected chi connectivity index (χ0v) is 13.3. The third kappa shape index (κ3) is 2.91. The molecule has 1 aromatic carbocycles. The summed E-state index contributed by atoms with van der Waals surface area (Å²) in [5.41, 5.74) is 2.37. The molecule has 0 amide bonds. The van der Waals surface area contributed by atoms with Gasteiger partial charge in [-0.1, -0.05) is 23.2 Å². The maximum absolute atomic E-state index is 6.38. The van der Waals surface area contributed by atoms with Crippen LogP contribution < -0.4 is 15.5 Å². The van der Waals surface area contributed by atoms with Crippen LogP contribution in [0.3, 0.4) is 0 Å². The first-order valence-corrected chi connectivity index (χ1v) is 8.07. The molecule has 0 bridgehead atoms. The van der Waals surface area contributed by atoms with Crippen molar-refractivity contribution in [3.63, 3.8) is 0 Å². The van der Waals surface area contributed by atoms with Crippen molar-refractivity contribution in [3.05, 3.63) is 27.7 Å². The van der Waals surface area contributed by atoms with E-state index in [1.54, 1.807) is 0 Å². The lowest BCUT2D eigenvalue weighted by atomic mass is 9.94. The minimum Gasteiger partial charge on any atom is -0.373 e. The summed E-state index contributed by atoms with van der Waals surface area (Å²) in [6.07, 6.45) is 3.58. The van der Waals surface area contributed by atoms with Crippen molar-refractivity contribution in [1.82, 2.24) is 10.6 Å². The third-order valence-corrected chi connectivity index (χ3v) is 4.81. The molecule has 1 unspecified atom stereocenters. The van der Waals surface area contributed by atoms with Gasteiger partial charge in [-0.2, -0.15) is 0 Å². The number of fused-ring (bicyclic) bond motifs is 1. The largest absolute Gasteiger partial charge is 0.373 e. The third-order valence-electron chi connectivity index (χ3n) is 4.30. The molecular weight excluding hydrogens is 293 g/mol. The van der Waals surface area contributed by atoms with Crippen LogP contribution in [0.4, 0.5) is 5.69 Å². The Balaban J connectivity index is 1.85. The molecule has 0 aromatic heterocycles. The minimum atomic E-state index is 0.349. The van der Waals surface area contributed by atoms with Gasteiger partial charge in [0.1, 0.15) is 0 Å². The molecule has 0 spiro atoms. The summed E-state index contributed by atoms with van der Waals surface area (Å²) in [5.74, 6) is 0. The number of nitrogens with zero attached hydrogens (tertiary/aromatic N) is 1. The van der Waals surface area contributed by atoms with Gasteiger partial charge in [0.2, 0.25) is 0 Å². The fourth-order valence-electron chi connectivity index (χ4n) is 3.30. The number of benzene rings is 1. The van der Waals surface area contributed by atoms with Gasteiger partial charge in [-0.25, -0.2) is 0 Å². The second-order valence-corrected chi connectivity index (χ2v) is 6.64. The van der Waals surface area contributed by atoms with Crippen LogP contribution in [0.15, 0.2) is 12.1 Å². The predicted molar refractivity (Wildman–Crippen MR) is 86.1 cm³/mol. The molecule has 5 heteroatoms. The first kappa shape index (κ1) is 14.5. The van der Waals surface area contributed by atoms with Crippen molar-refractivity contribution in [2.45, 2.75) is 31.3 Å². The van der Waals surface area contributed by atoms with Crippen LogP contribution in [-0.4, -0.2) is 32.7 Å². The number of piperidine rings is 1. The number of nitrogens with one attached hydrogen (secondary N) is 2. The molecule has 20 heavy (non-hydrogen) atoms. The van der Waals surface area contributed by atoms with Gasteiger partial charge in [-0.3, -0.25) is 0 Å². The van der Waals surface area contributed by atoms with Crippen LogP contribution in [0.2, 0.25) is 10.0 Å². The van der Waals surface area contributed by atoms with Gasteiger partial charge in [0.15, 0.2) is 0 Å². The Morgan fingerprint density at radius 1 is 1.30 bits per heavy atom. The number of anilines is 1. The Kier molecular flexibility index (Phi) is 4.41. The minimum absolute atomic E-state index is 0.349. The molecule has 0 radical (unpaired) electrons. The Morgan fingerprint density at radius 2 is 2.15 bits per heavy atom. The standard InChI is InChI=1S/C15H21Cl2N3/c1-20-6-4-14(19-11-3-2-5-18-9-11)12-7-10(16)8-13(17)15(12)20/h7-8,11,14,18-19H,2-6,9H2,1H3/t11-,14?/m0/s1. The first-order chi connectivity index (χ1) is 9.65. The molecular formula is C15H21Cl2N3. The van der Waals surface area contributed by atoms with Crippen LogP contribution >= 0.6 is 23.2 Å². The van der Waals surface area contributed by atoms with Crippen LogP contribution in [0.25, 0.3) is 0 Å². The van der Waals surface area contributed by atoms with Gasteiger partial charge in [-0.05, 0) is 43.5 Å². The summed E-state index contributed by atoms with van der Waals surface area (Å²) in [7, 11) is 2.09. The summed E-state index contributed by atoms with van der Waals surface area (Å²) in [6, 6.07) is 4.79. The summed E-state index contributed by atoms with van der Waals surface area (Å²) in [5, 5.41) is 8.71. The smallest absolute Gasteiger partial charge is 0.0657 e. The molecule has 2 aliphatic rings. The van der Waals surface area contributed by atoms with Crippen LogP contribution in [0.5, 0.6) is 0 Å². The monoisotopic (exact) mass is 313 g/mol. The highest BCUT2D eigenvalue weighted by Gasteiger charge is 2.28. The molecule has 2 N–H and O–H groups in total. The highest BCUT2D eigenvalue weighted by atomic mass is 35.5. The molecule has 0 saturated carbocycles. The number of rotatable bonds is 2. The summed E-state index contributed by atoms with van der Waals surface area (Å²) in [6.45, 7) is 3.21. The molecule has 1 saturated heterocycles. The average Bonchev–Trinajstić information content (AvgIpc) is 2.42. The van der Waals surface area contributed by atoms with Crippen LogP contribution in [0, 0.1) is 0 Å². The van der Waals surface area contributed by atoms with Crippen molar-refractivity contribution >= 4 is 28.9 Å². The summed E-state index contributed by atoms with van der Waals surface area (Å²) >= 11 is 12.6. The van der Waals surface area contributed by atoms with E-state index in [0.29, 0.717) is 12.1 Å². The Hall–Kier alpha value is -0.480. The molecule has 1 fully saturated rings. The van der Waals surface area contributed by atoms with Gasteiger partial charge in [0.05, 0.1) is 10.7 Å². The highest BCUT2D eigenvalue weighted by molar-refractivity contribution is 6.36. The van der Waals surface area contributed by atoms with Crippen molar-refractivity contribution in [3.8, 4) is 0 Å². The van der Waals surface area contributed by atoms with Gasteiger partial charge >= 0.3 is 0 Å². The SMILES string of the molecule is CN1CCC(N[C@H]2CCCNC2)c2cc(Cl)cc(Cl)c21. The summed E-state index contributed by atoms with van der Waals surface area (Å²) in [4.78, 5) is 2.23. The second-order valence-electron chi connectivity index (χ2n) is 5.80. The normalized spacial score (nSPS) is 26.4. The van der Waals surface area contributed by atoms with E-state index in [1.807, 2.05) is 6.07 Å². The zero-order valence-electron chi connectivity index (χ0n) is 11.8. The molecule has 2 aliphatic heterocycles. The maximum atomic E-state index is 6.38. The van der Waals surface area contributed by atoms with E-state index in [2.05, 4.69) is 28.6 Å². The summed E-state index contributed by atoms with van der Waals surface area (Å²) < 4.78 is 0. The maximum Gasteiger partial charge on any atom is 0.0657 e. The quantitative estimate of drug-likeness (QED) is 0.878. The van der Waals surface area contributed by atoms with Crippen molar-refractivity contribution < 1.29 is 0 Å². The Bertz CT molecular complexity index is 486. The highest BCUT2D eigenvalue weighted by Crippen LogP contribution is 2.40. The van der Waals surface area contributed by atoms with E-state index in [1.165, 1.54) is 18.4 Å². The van der Waals surface area contributed by atoms with E-state index < -0.39 is 0 Å². The molecule has 1 aromatic rings. The van der Waals surface area contributed by atoms with Gasteiger partial charge in [-0.15, -0.1) is 0 Å². The van der Waals surface area contributed by atoms with Gasteiger partial charge < -0.3 is 15.5 Å². The molecule has 110 valence electrons. The van der Waals surface area contributed by atoms with E-state index >= 15 is 0 Å². The first-order valence-electron chi connectivity index (χ1n) is 7.32. The molecule has 3 nitrogen and oxygen atoms in total. The van der Waals surface area contributed by atoms with Gasteiger partial charge in [0, 0.05) is 37.2 Å². The van der Waals surface area contributed by atoms with Gasteiger partial charge in [0.25, 0.3) is 0 Å². The molecule has 2 heterocycles.